The predicted octanol–water partition coefficient (Wildman–Crippen LogP) is 5.82. The molecule has 0 aliphatic carbocycles. The number of carbonyl (C=O) groups is 1. The van der Waals surface area contributed by atoms with Crippen LogP contribution >= 0.6 is 0 Å². The third-order valence-electron chi connectivity index (χ3n) is 5.48. The molecule has 3 heteroatoms. The average molecular weight is 365 g/mol. The molecule has 0 N–H and O–H groups in total. The summed E-state index contributed by atoms with van der Waals surface area (Å²) in [5, 5.41) is 0. The lowest BCUT2D eigenvalue weighted by Gasteiger charge is -2.16. The van der Waals surface area contributed by atoms with Gasteiger partial charge in [0.15, 0.2) is 0 Å². The van der Waals surface area contributed by atoms with E-state index >= 15 is 0 Å². The molecular formula is C24H32N2O. The van der Waals surface area contributed by atoms with Crippen molar-refractivity contribution in [2.24, 2.45) is 0 Å². The first-order chi connectivity index (χ1) is 13.1. The van der Waals surface area contributed by atoms with Gasteiger partial charge >= 0.3 is 0 Å². The van der Waals surface area contributed by atoms with Crippen molar-refractivity contribution in [2.45, 2.75) is 58.4 Å². The predicted molar refractivity (Wildman–Crippen MR) is 115 cm³/mol. The van der Waals surface area contributed by atoms with E-state index in [4.69, 9.17) is 0 Å². The molecule has 0 saturated carbocycles. The van der Waals surface area contributed by atoms with Crippen molar-refractivity contribution in [1.82, 2.24) is 0 Å². The maximum Gasteiger partial charge on any atom is 0.259 e. The summed E-state index contributed by atoms with van der Waals surface area (Å²) in [7, 11) is 4.00. The lowest BCUT2D eigenvalue weighted by atomic mass is 10.0. The van der Waals surface area contributed by atoms with E-state index in [0.717, 1.165) is 28.9 Å². The minimum atomic E-state index is 0.109. The number of rotatable bonds is 9. The fourth-order valence-electron chi connectivity index (χ4n) is 3.73. The Bertz CT molecular complexity index is 764. The van der Waals surface area contributed by atoms with Crippen molar-refractivity contribution < 1.29 is 4.79 Å². The molecule has 0 unspecified atom stereocenters. The highest BCUT2D eigenvalue weighted by atomic mass is 16.2. The number of nitrogens with zero attached hydrogens (tertiary/aromatic N) is 2. The molecule has 3 rings (SSSR count). The number of hydrogen-bond donors (Lipinski definition) is 0. The Morgan fingerprint density at radius 3 is 2.33 bits per heavy atom. The monoisotopic (exact) mass is 364 g/mol. The second-order valence-corrected chi connectivity index (χ2v) is 7.81. The standard InChI is InChI=1S/C24H32N2O/c1-4-5-6-7-8-9-10-19-11-14-21(15-12-19)26-18-20-13-16-22(25(2)3)17-23(20)24(26)27/h11-17H,4-10,18H2,1-3H3. The largest absolute Gasteiger partial charge is 0.378 e. The summed E-state index contributed by atoms with van der Waals surface area (Å²) in [6, 6.07) is 14.7. The second kappa shape index (κ2) is 9.07. The average Bonchev–Trinajstić information content (AvgIpc) is 3.01. The molecule has 27 heavy (non-hydrogen) atoms. The van der Waals surface area contributed by atoms with Gasteiger partial charge in [0.05, 0.1) is 6.54 Å². The number of aryl methyl sites for hydroxylation is 1. The van der Waals surface area contributed by atoms with Crippen LogP contribution in [0.5, 0.6) is 0 Å². The number of fused-ring (bicyclic) bond motifs is 1. The molecule has 0 bridgehead atoms. The van der Waals surface area contributed by atoms with Gasteiger partial charge in [0.2, 0.25) is 0 Å². The summed E-state index contributed by atoms with van der Waals surface area (Å²) in [5.41, 5.74) is 5.37. The van der Waals surface area contributed by atoms with E-state index in [-0.39, 0.29) is 5.91 Å². The first-order valence-electron chi connectivity index (χ1n) is 10.3. The third-order valence-corrected chi connectivity index (χ3v) is 5.48. The maximum absolute atomic E-state index is 12.9. The van der Waals surface area contributed by atoms with E-state index in [9.17, 15) is 4.79 Å². The van der Waals surface area contributed by atoms with Crippen LogP contribution in [-0.4, -0.2) is 20.0 Å². The molecule has 0 saturated heterocycles. The Morgan fingerprint density at radius 2 is 1.63 bits per heavy atom. The van der Waals surface area contributed by atoms with Crippen LogP contribution in [0.3, 0.4) is 0 Å². The molecular weight excluding hydrogens is 332 g/mol. The van der Waals surface area contributed by atoms with Gasteiger partial charge in [-0.2, -0.15) is 0 Å². The first-order valence-corrected chi connectivity index (χ1v) is 10.3. The van der Waals surface area contributed by atoms with Crippen LogP contribution in [0.1, 0.15) is 66.9 Å². The number of unbranched alkanes of at least 4 members (excludes halogenated alkanes) is 5. The van der Waals surface area contributed by atoms with Crippen molar-refractivity contribution in [3.8, 4) is 0 Å². The van der Waals surface area contributed by atoms with Crippen molar-refractivity contribution in [3.05, 3.63) is 59.2 Å². The lowest BCUT2D eigenvalue weighted by molar-refractivity contribution is 0.0996. The molecule has 2 aromatic carbocycles. The zero-order chi connectivity index (χ0) is 19.2. The molecule has 2 aromatic rings. The highest BCUT2D eigenvalue weighted by Crippen LogP contribution is 2.31. The molecule has 1 aliphatic rings. The van der Waals surface area contributed by atoms with Crippen LogP contribution in [0.2, 0.25) is 0 Å². The van der Waals surface area contributed by atoms with E-state index in [1.807, 2.05) is 30.0 Å². The molecule has 0 fully saturated rings. The molecule has 3 nitrogen and oxygen atoms in total. The van der Waals surface area contributed by atoms with Crippen LogP contribution in [0, 0.1) is 0 Å². The normalized spacial score (nSPS) is 13.1. The first kappa shape index (κ1) is 19.5. The molecule has 1 aliphatic heterocycles. The molecule has 0 aromatic heterocycles. The van der Waals surface area contributed by atoms with Crippen LogP contribution in [-0.2, 0) is 13.0 Å². The minimum absolute atomic E-state index is 0.109. The summed E-state index contributed by atoms with van der Waals surface area (Å²) in [6.45, 7) is 2.92. The van der Waals surface area contributed by atoms with E-state index in [1.165, 1.54) is 44.1 Å². The molecule has 0 spiro atoms. The number of carbonyl (C=O) groups excluding carboxylic acids is 1. The Morgan fingerprint density at radius 1 is 0.926 bits per heavy atom. The lowest BCUT2D eigenvalue weighted by Crippen LogP contribution is -2.23. The van der Waals surface area contributed by atoms with Crippen molar-refractivity contribution in [2.75, 3.05) is 23.9 Å². The van der Waals surface area contributed by atoms with Crippen molar-refractivity contribution >= 4 is 17.3 Å². The van der Waals surface area contributed by atoms with Crippen LogP contribution in [0.25, 0.3) is 0 Å². The van der Waals surface area contributed by atoms with E-state index in [1.54, 1.807) is 0 Å². The minimum Gasteiger partial charge on any atom is -0.378 e. The van der Waals surface area contributed by atoms with Gasteiger partial charge in [-0.15, -0.1) is 0 Å². The summed E-state index contributed by atoms with van der Waals surface area (Å²) >= 11 is 0. The zero-order valence-corrected chi connectivity index (χ0v) is 17.0. The maximum atomic E-state index is 12.9. The fraction of sp³-hybridized carbons (Fsp3) is 0.458. The highest BCUT2D eigenvalue weighted by Gasteiger charge is 2.28. The smallest absolute Gasteiger partial charge is 0.259 e. The quantitative estimate of drug-likeness (QED) is 0.524. The van der Waals surface area contributed by atoms with Gasteiger partial charge in [0.1, 0.15) is 0 Å². The fourth-order valence-corrected chi connectivity index (χ4v) is 3.73. The zero-order valence-electron chi connectivity index (χ0n) is 17.0. The molecule has 0 radical (unpaired) electrons. The van der Waals surface area contributed by atoms with Gasteiger partial charge in [0.25, 0.3) is 5.91 Å². The second-order valence-electron chi connectivity index (χ2n) is 7.81. The number of hydrogen-bond acceptors (Lipinski definition) is 2. The Kier molecular flexibility index (Phi) is 6.54. The summed E-state index contributed by atoms with van der Waals surface area (Å²) < 4.78 is 0. The van der Waals surface area contributed by atoms with Gasteiger partial charge < -0.3 is 9.80 Å². The van der Waals surface area contributed by atoms with Crippen molar-refractivity contribution in [1.29, 1.82) is 0 Å². The van der Waals surface area contributed by atoms with Gasteiger partial charge in [-0.05, 0) is 48.2 Å². The van der Waals surface area contributed by atoms with Gasteiger partial charge in [-0.3, -0.25) is 4.79 Å². The van der Waals surface area contributed by atoms with Gasteiger partial charge in [-0.25, -0.2) is 0 Å². The summed E-state index contributed by atoms with van der Waals surface area (Å²) in [5.74, 6) is 0.109. The topological polar surface area (TPSA) is 23.6 Å². The Hall–Kier alpha value is -2.29. The Balaban J connectivity index is 1.58. The highest BCUT2D eigenvalue weighted by molar-refractivity contribution is 6.10. The van der Waals surface area contributed by atoms with Crippen molar-refractivity contribution in [3.63, 3.8) is 0 Å². The number of amides is 1. The molecule has 0 atom stereocenters. The number of benzene rings is 2. The van der Waals surface area contributed by atoms with Crippen LogP contribution in [0.15, 0.2) is 42.5 Å². The van der Waals surface area contributed by atoms with Gasteiger partial charge in [-0.1, -0.05) is 57.2 Å². The van der Waals surface area contributed by atoms with Gasteiger partial charge in [0, 0.05) is 31.0 Å². The molecule has 1 amide bonds. The Labute approximate surface area is 164 Å². The summed E-state index contributed by atoms with van der Waals surface area (Å²) in [6.07, 6.45) is 9.07. The van der Waals surface area contributed by atoms with E-state index in [0.29, 0.717) is 6.54 Å². The van der Waals surface area contributed by atoms with Crippen LogP contribution < -0.4 is 9.80 Å². The number of anilines is 2. The van der Waals surface area contributed by atoms with E-state index < -0.39 is 0 Å². The van der Waals surface area contributed by atoms with E-state index in [2.05, 4.69) is 43.3 Å². The molecule has 1 heterocycles. The SMILES string of the molecule is CCCCCCCCc1ccc(N2Cc3ccc(N(C)C)cc3C2=O)cc1. The third kappa shape index (κ3) is 4.71. The summed E-state index contributed by atoms with van der Waals surface area (Å²) in [4.78, 5) is 16.8. The van der Waals surface area contributed by atoms with Crippen LogP contribution in [0.4, 0.5) is 11.4 Å². The molecule has 144 valence electrons.